The van der Waals surface area contributed by atoms with Crippen LogP contribution in [-0.2, 0) is 14.3 Å². The summed E-state index contributed by atoms with van der Waals surface area (Å²) in [6.07, 6.45) is 0.208. The fourth-order valence-electron chi connectivity index (χ4n) is 5.23. The molecule has 0 radical (unpaired) electrons. The number of esters is 1. The highest BCUT2D eigenvalue weighted by atomic mass is 16.6. The van der Waals surface area contributed by atoms with Crippen LogP contribution in [0.25, 0.3) is 0 Å². The molecule has 1 N–H and O–H groups in total. The van der Waals surface area contributed by atoms with Crippen LogP contribution in [0.3, 0.4) is 0 Å². The van der Waals surface area contributed by atoms with Gasteiger partial charge in [0.15, 0.2) is 0 Å². The summed E-state index contributed by atoms with van der Waals surface area (Å²) in [5.41, 5.74) is -1.25. The second-order valence-electron chi connectivity index (χ2n) is 11.0. The summed E-state index contributed by atoms with van der Waals surface area (Å²) >= 11 is 0. The van der Waals surface area contributed by atoms with E-state index in [2.05, 4.69) is 0 Å². The van der Waals surface area contributed by atoms with E-state index in [9.17, 15) is 25.1 Å². The maximum absolute atomic E-state index is 13.2. The number of rotatable bonds is 5. The maximum atomic E-state index is 13.2. The molecule has 0 spiro atoms. The molecule has 0 aromatic carbocycles. The van der Waals surface area contributed by atoms with Gasteiger partial charge in [0.1, 0.15) is 6.10 Å². The minimum Gasteiger partial charge on any atom is -0.633 e. The van der Waals surface area contributed by atoms with Gasteiger partial charge in [-0.15, -0.1) is 0 Å². The van der Waals surface area contributed by atoms with E-state index in [0.717, 1.165) is 0 Å². The van der Waals surface area contributed by atoms with E-state index in [-0.39, 0.29) is 24.2 Å². The van der Waals surface area contributed by atoms with E-state index in [1.165, 1.54) is 0 Å². The van der Waals surface area contributed by atoms with Gasteiger partial charge < -0.3 is 29.6 Å². The van der Waals surface area contributed by atoms with Crippen molar-refractivity contribution >= 4 is 11.9 Å². The van der Waals surface area contributed by atoms with Crippen LogP contribution in [0.15, 0.2) is 0 Å². The Morgan fingerprint density at radius 3 is 1.97 bits per heavy atom. The standard InChI is InChI=1S/C22H40N2O6/c1-14-16(9-11-23(7,28)21(14,3)4)17(13-19(25)26)20(27)30-18-10-12-24(8,29)22(5,6)15(18)2/h14-18H,9-13H2,1-8H3,(H,25,26). The van der Waals surface area contributed by atoms with Gasteiger partial charge >= 0.3 is 11.9 Å². The zero-order chi connectivity index (χ0) is 23.3. The van der Waals surface area contributed by atoms with Crippen molar-refractivity contribution in [3.63, 3.8) is 0 Å². The first-order chi connectivity index (χ1) is 13.5. The number of likely N-dealkylation sites (tertiary alicyclic amines) is 2. The number of hydrogen-bond acceptors (Lipinski definition) is 5. The minimum atomic E-state index is -1.05. The number of aliphatic carboxylic acids is 1. The number of quaternary nitrogens is 2. The average molecular weight is 429 g/mol. The van der Waals surface area contributed by atoms with Crippen molar-refractivity contribution < 1.29 is 28.7 Å². The molecule has 2 aliphatic heterocycles. The van der Waals surface area contributed by atoms with Crippen molar-refractivity contribution in [3.05, 3.63) is 10.4 Å². The largest absolute Gasteiger partial charge is 0.633 e. The summed E-state index contributed by atoms with van der Waals surface area (Å²) in [4.78, 5) is 24.8. The van der Waals surface area contributed by atoms with Crippen LogP contribution >= 0.6 is 0 Å². The third kappa shape index (κ3) is 4.24. The van der Waals surface area contributed by atoms with E-state index >= 15 is 0 Å². The Hall–Kier alpha value is -1.22. The van der Waals surface area contributed by atoms with Crippen molar-refractivity contribution in [3.8, 4) is 0 Å². The number of carboxylic acids is 1. The van der Waals surface area contributed by atoms with E-state index in [1.54, 1.807) is 14.1 Å². The molecule has 8 heteroatoms. The molecule has 2 aliphatic rings. The van der Waals surface area contributed by atoms with Crippen LogP contribution in [0.1, 0.15) is 60.8 Å². The molecule has 2 rings (SSSR count). The quantitative estimate of drug-likeness (QED) is 0.409. The monoisotopic (exact) mass is 428 g/mol. The highest BCUT2D eigenvalue weighted by Gasteiger charge is 2.52. The summed E-state index contributed by atoms with van der Waals surface area (Å²) in [6.45, 7) is 12.1. The molecular weight excluding hydrogens is 388 g/mol. The predicted molar refractivity (Wildman–Crippen MR) is 114 cm³/mol. The molecule has 2 saturated heterocycles. The molecule has 8 nitrogen and oxygen atoms in total. The van der Waals surface area contributed by atoms with E-state index in [0.29, 0.717) is 25.9 Å². The Morgan fingerprint density at radius 1 is 1.00 bits per heavy atom. The van der Waals surface area contributed by atoms with Gasteiger partial charge in [0.25, 0.3) is 0 Å². The number of piperidine rings is 2. The van der Waals surface area contributed by atoms with Crippen LogP contribution in [0.5, 0.6) is 0 Å². The number of carboxylic acid groups (broad SMARTS) is 1. The Balaban J connectivity index is 2.24. The molecule has 2 heterocycles. The lowest BCUT2D eigenvalue weighted by molar-refractivity contribution is -0.922. The molecule has 0 amide bonds. The van der Waals surface area contributed by atoms with Crippen molar-refractivity contribution in [2.45, 2.75) is 78.0 Å². The molecule has 7 atom stereocenters. The minimum absolute atomic E-state index is 0.146. The van der Waals surface area contributed by atoms with Gasteiger partial charge in [-0.05, 0) is 33.6 Å². The molecule has 0 aliphatic carbocycles. The second kappa shape index (κ2) is 8.04. The van der Waals surface area contributed by atoms with E-state index < -0.39 is 44.3 Å². The van der Waals surface area contributed by atoms with Crippen LogP contribution < -0.4 is 0 Å². The summed E-state index contributed by atoms with van der Waals surface area (Å²) in [5, 5.41) is 35.2. The molecule has 2 fully saturated rings. The average Bonchev–Trinajstić information content (AvgIpc) is 2.60. The molecule has 0 aromatic rings. The lowest BCUT2D eigenvalue weighted by Gasteiger charge is -2.60. The number of hydroxylamine groups is 6. The summed E-state index contributed by atoms with van der Waals surface area (Å²) in [5.74, 6) is -2.91. The third-order valence-electron chi connectivity index (χ3n) is 9.08. The van der Waals surface area contributed by atoms with Crippen molar-refractivity contribution in [2.75, 3.05) is 27.2 Å². The molecule has 0 saturated carbocycles. The predicted octanol–water partition coefficient (Wildman–Crippen LogP) is 3.13. The number of ether oxygens (including phenoxy) is 1. The number of carbonyl (C=O) groups excluding carboxylic acids is 1. The fraction of sp³-hybridized carbons (Fsp3) is 0.909. The van der Waals surface area contributed by atoms with E-state index in [1.807, 2.05) is 41.5 Å². The highest BCUT2D eigenvalue weighted by molar-refractivity contribution is 5.79. The molecule has 30 heavy (non-hydrogen) atoms. The maximum Gasteiger partial charge on any atom is 0.310 e. The van der Waals surface area contributed by atoms with Crippen LogP contribution in [-0.4, -0.2) is 70.7 Å². The smallest absolute Gasteiger partial charge is 0.310 e. The van der Waals surface area contributed by atoms with Gasteiger partial charge in [0, 0.05) is 24.7 Å². The number of hydrogen-bond donors (Lipinski definition) is 1. The lowest BCUT2D eigenvalue weighted by Crippen LogP contribution is -2.66. The van der Waals surface area contributed by atoms with Gasteiger partial charge in [-0.1, -0.05) is 13.8 Å². The van der Waals surface area contributed by atoms with Crippen LogP contribution in [0.4, 0.5) is 0 Å². The molecule has 174 valence electrons. The summed E-state index contributed by atoms with van der Waals surface area (Å²) in [6, 6.07) is 0. The zero-order valence-electron chi connectivity index (χ0n) is 19.8. The van der Waals surface area contributed by atoms with Crippen molar-refractivity contribution in [1.29, 1.82) is 0 Å². The second-order valence-corrected chi connectivity index (χ2v) is 11.0. The van der Waals surface area contributed by atoms with Gasteiger partial charge in [-0.2, -0.15) is 0 Å². The first kappa shape index (κ1) is 25.0. The van der Waals surface area contributed by atoms with Crippen LogP contribution in [0.2, 0.25) is 0 Å². The highest BCUT2D eigenvalue weighted by Crippen LogP contribution is 2.45. The Bertz CT molecular complexity index is 673. The van der Waals surface area contributed by atoms with E-state index in [4.69, 9.17) is 4.74 Å². The topological polar surface area (TPSA) is 110 Å². The molecule has 0 bridgehead atoms. The first-order valence-corrected chi connectivity index (χ1v) is 11.0. The summed E-state index contributed by atoms with van der Waals surface area (Å²) in [7, 11) is 3.28. The zero-order valence-corrected chi connectivity index (χ0v) is 19.8. The Morgan fingerprint density at radius 2 is 1.47 bits per heavy atom. The van der Waals surface area contributed by atoms with Gasteiger partial charge in [-0.25, -0.2) is 0 Å². The molecule has 7 unspecified atom stereocenters. The van der Waals surface area contributed by atoms with Crippen LogP contribution in [0, 0.1) is 34.1 Å². The molecular formula is C22H40N2O6. The van der Waals surface area contributed by atoms with Crippen molar-refractivity contribution in [2.24, 2.45) is 23.7 Å². The van der Waals surface area contributed by atoms with Gasteiger partial charge in [0.05, 0.1) is 50.6 Å². The van der Waals surface area contributed by atoms with Gasteiger partial charge in [0.2, 0.25) is 0 Å². The number of carbonyl (C=O) groups is 2. The first-order valence-electron chi connectivity index (χ1n) is 11.0. The lowest BCUT2D eigenvalue weighted by atomic mass is 9.67. The third-order valence-corrected chi connectivity index (χ3v) is 9.08. The fourth-order valence-corrected chi connectivity index (χ4v) is 5.23. The Kier molecular flexibility index (Phi) is 6.71. The van der Waals surface area contributed by atoms with Gasteiger partial charge in [-0.3, -0.25) is 9.59 Å². The summed E-state index contributed by atoms with van der Waals surface area (Å²) < 4.78 is 5.08. The Labute approximate surface area is 180 Å². The SMILES string of the molecule is CC1C(OC(=O)C(CC(=O)O)C2CC[N+](C)([O-])C(C)(C)C2C)CC[N+](C)([O-])C1(C)C. The normalized spacial score (nSPS) is 41.7. The van der Waals surface area contributed by atoms with Crippen molar-refractivity contribution in [1.82, 2.24) is 0 Å². The number of nitrogens with zero attached hydrogens (tertiary/aromatic N) is 2. The molecule has 0 aromatic heterocycles.